The minimum Gasteiger partial charge on any atom is -0.449 e. The maximum absolute atomic E-state index is 13.7. The number of hydrogen-bond acceptors (Lipinski definition) is 4. The van der Waals surface area contributed by atoms with Crippen LogP contribution in [0.2, 0.25) is 0 Å². The van der Waals surface area contributed by atoms with Gasteiger partial charge in [-0.1, -0.05) is 6.07 Å². The summed E-state index contributed by atoms with van der Waals surface area (Å²) in [6.45, 7) is 1.80. The van der Waals surface area contributed by atoms with E-state index in [4.69, 9.17) is 4.74 Å². The summed E-state index contributed by atoms with van der Waals surface area (Å²) in [4.78, 5) is 37.9. The zero-order valence-corrected chi connectivity index (χ0v) is 15.4. The molecular weight excluding hydrogens is 389 g/mol. The van der Waals surface area contributed by atoms with Crippen LogP contribution in [0.15, 0.2) is 36.4 Å². The lowest BCUT2D eigenvalue weighted by atomic mass is 10.2. The average Bonchev–Trinajstić information content (AvgIpc) is 3.14. The van der Waals surface area contributed by atoms with E-state index >= 15 is 0 Å². The summed E-state index contributed by atoms with van der Waals surface area (Å²) >= 11 is 0. The number of carbonyl (C=O) groups is 3. The van der Waals surface area contributed by atoms with E-state index < -0.39 is 41.1 Å². The van der Waals surface area contributed by atoms with Crippen molar-refractivity contribution in [2.45, 2.75) is 25.9 Å². The lowest BCUT2D eigenvalue weighted by Gasteiger charge is -2.17. The molecule has 1 N–H and O–H groups in total. The number of amides is 2. The summed E-state index contributed by atoms with van der Waals surface area (Å²) in [7, 11) is 0. The molecule has 6 nitrogen and oxygen atoms in total. The highest BCUT2D eigenvalue weighted by Crippen LogP contribution is 2.23. The Morgan fingerprint density at radius 1 is 1.14 bits per heavy atom. The predicted molar refractivity (Wildman–Crippen MR) is 97.9 cm³/mol. The second-order valence-electron chi connectivity index (χ2n) is 6.46. The highest BCUT2D eigenvalue weighted by atomic mass is 19.2. The second-order valence-corrected chi connectivity index (χ2v) is 6.46. The Hall–Kier alpha value is -3.36. The first kappa shape index (κ1) is 20.4. The van der Waals surface area contributed by atoms with E-state index in [1.165, 1.54) is 19.1 Å². The normalized spacial score (nSPS) is 14.6. The maximum atomic E-state index is 13.7. The van der Waals surface area contributed by atoms with E-state index in [-0.39, 0.29) is 11.5 Å². The molecule has 0 spiro atoms. The van der Waals surface area contributed by atoms with E-state index in [9.17, 15) is 27.6 Å². The van der Waals surface area contributed by atoms with Crippen molar-refractivity contribution in [2.75, 3.05) is 16.8 Å². The van der Waals surface area contributed by atoms with Crippen LogP contribution in [-0.4, -0.2) is 30.4 Å². The van der Waals surface area contributed by atoms with Gasteiger partial charge < -0.3 is 15.0 Å². The van der Waals surface area contributed by atoms with E-state index in [1.807, 2.05) is 5.32 Å². The number of nitrogens with zero attached hydrogens (tertiary/aromatic N) is 1. The zero-order chi connectivity index (χ0) is 21.1. The van der Waals surface area contributed by atoms with Crippen molar-refractivity contribution in [3.63, 3.8) is 0 Å². The lowest BCUT2D eigenvalue weighted by molar-refractivity contribution is -0.123. The summed E-state index contributed by atoms with van der Waals surface area (Å²) in [6, 6.07) is 7.73. The molecule has 29 heavy (non-hydrogen) atoms. The third-order valence-corrected chi connectivity index (χ3v) is 4.41. The molecule has 2 aromatic carbocycles. The Bertz CT molecular complexity index is 980. The monoisotopic (exact) mass is 406 g/mol. The van der Waals surface area contributed by atoms with Gasteiger partial charge in [0.2, 0.25) is 5.91 Å². The van der Waals surface area contributed by atoms with Crippen molar-refractivity contribution >= 4 is 29.2 Å². The standard InChI is InChI=1S/C20H17F3N2O4/c1-11(19(27)24-15-8-7-14(21)17(22)18(15)23)29-20(28)12-4-2-5-13(10-12)25-9-3-6-16(25)26/h2,4-5,7-8,10-11H,3,6,9H2,1H3,(H,24,27)/t11-/m1/s1. The number of hydrogen-bond donors (Lipinski definition) is 1. The number of benzene rings is 2. The molecule has 1 saturated heterocycles. The van der Waals surface area contributed by atoms with Crippen LogP contribution < -0.4 is 10.2 Å². The SMILES string of the molecule is C[C@@H](OC(=O)c1cccc(N2CCCC2=O)c1)C(=O)Nc1ccc(F)c(F)c1F. The van der Waals surface area contributed by atoms with Crippen LogP contribution in [0.5, 0.6) is 0 Å². The highest BCUT2D eigenvalue weighted by Gasteiger charge is 2.24. The minimum absolute atomic E-state index is 0.0446. The Balaban J connectivity index is 1.67. The second kappa shape index (κ2) is 8.34. The molecule has 0 unspecified atom stereocenters. The van der Waals surface area contributed by atoms with Gasteiger partial charge in [0.15, 0.2) is 23.6 Å². The molecule has 0 bridgehead atoms. The molecule has 152 valence electrons. The molecule has 1 aliphatic heterocycles. The first-order valence-electron chi connectivity index (χ1n) is 8.83. The van der Waals surface area contributed by atoms with Crippen LogP contribution >= 0.6 is 0 Å². The molecule has 1 fully saturated rings. The Morgan fingerprint density at radius 2 is 1.90 bits per heavy atom. The number of ether oxygens (including phenoxy) is 1. The predicted octanol–water partition coefficient (Wildman–Crippen LogP) is 3.41. The van der Waals surface area contributed by atoms with Crippen LogP contribution in [-0.2, 0) is 14.3 Å². The van der Waals surface area contributed by atoms with Crippen LogP contribution in [0.4, 0.5) is 24.5 Å². The van der Waals surface area contributed by atoms with Crippen LogP contribution in [0.25, 0.3) is 0 Å². The van der Waals surface area contributed by atoms with Gasteiger partial charge in [-0.2, -0.15) is 0 Å². The first-order chi connectivity index (χ1) is 13.8. The van der Waals surface area contributed by atoms with Crippen LogP contribution in [0.1, 0.15) is 30.1 Å². The third-order valence-electron chi connectivity index (χ3n) is 4.41. The van der Waals surface area contributed by atoms with Crippen molar-refractivity contribution in [1.82, 2.24) is 0 Å². The maximum Gasteiger partial charge on any atom is 0.338 e. The van der Waals surface area contributed by atoms with Crippen molar-refractivity contribution in [1.29, 1.82) is 0 Å². The fraction of sp³-hybridized carbons (Fsp3) is 0.250. The van der Waals surface area contributed by atoms with E-state index in [0.717, 1.165) is 12.5 Å². The molecule has 2 amide bonds. The van der Waals surface area contributed by atoms with Gasteiger partial charge >= 0.3 is 5.97 Å². The van der Waals surface area contributed by atoms with Gasteiger partial charge in [0.05, 0.1) is 11.3 Å². The van der Waals surface area contributed by atoms with Gasteiger partial charge in [0.1, 0.15) is 0 Å². The van der Waals surface area contributed by atoms with E-state index in [1.54, 1.807) is 17.0 Å². The van der Waals surface area contributed by atoms with E-state index in [2.05, 4.69) is 0 Å². The molecule has 0 radical (unpaired) electrons. The van der Waals surface area contributed by atoms with Crippen molar-refractivity contribution in [3.8, 4) is 0 Å². The average molecular weight is 406 g/mol. The number of halogens is 3. The summed E-state index contributed by atoms with van der Waals surface area (Å²) in [5, 5.41) is 2.05. The summed E-state index contributed by atoms with van der Waals surface area (Å²) in [6.07, 6.45) is -0.176. The highest BCUT2D eigenvalue weighted by molar-refractivity contribution is 5.99. The molecule has 1 heterocycles. The Kier molecular flexibility index (Phi) is 5.86. The minimum atomic E-state index is -1.72. The first-order valence-corrected chi connectivity index (χ1v) is 8.83. The van der Waals surface area contributed by atoms with Crippen LogP contribution in [0, 0.1) is 17.5 Å². The smallest absolute Gasteiger partial charge is 0.338 e. The lowest BCUT2D eigenvalue weighted by Crippen LogP contribution is -2.30. The topological polar surface area (TPSA) is 75.7 Å². The van der Waals surface area contributed by atoms with Gasteiger partial charge in [-0.3, -0.25) is 9.59 Å². The number of rotatable bonds is 5. The van der Waals surface area contributed by atoms with E-state index in [0.29, 0.717) is 24.7 Å². The summed E-state index contributed by atoms with van der Waals surface area (Å²) in [5.74, 6) is -6.46. The number of nitrogens with one attached hydrogen (secondary N) is 1. The number of esters is 1. The molecular formula is C20H17F3N2O4. The zero-order valence-electron chi connectivity index (χ0n) is 15.4. The largest absolute Gasteiger partial charge is 0.449 e. The van der Waals surface area contributed by atoms with Crippen molar-refractivity contribution in [3.05, 3.63) is 59.4 Å². The van der Waals surface area contributed by atoms with Crippen molar-refractivity contribution < 1.29 is 32.3 Å². The molecule has 3 rings (SSSR count). The molecule has 9 heteroatoms. The van der Waals surface area contributed by atoms with Gasteiger partial charge in [-0.05, 0) is 43.7 Å². The molecule has 1 aliphatic rings. The molecule has 0 saturated carbocycles. The summed E-state index contributed by atoms with van der Waals surface area (Å²) in [5.41, 5.74) is 0.0927. The number of carbonyl (C=O) groups excluding carboxylic acids is 3. The molecule has 1 atom stereocenters. The number of anilines is 2. The van der Waals surface area contributed by atoms with Gasteiger partial charge in [0, 0.05) is 18.7 Å². The Labute approximate surface area is 164 Å². The Morgan fingerprint density at radius 3 is 2.59 bits per heavy atom. The van der Waals surface area contributed by atoms with Gasteiger partial charge in [0.25, 0.3) is 5.91 Å². The van der Waals surface area contributed by atoms with Gasteiger partial charge in [-0.25, -0.2) is 18.0 Å². The summed E-state index contributed by atoms with van der Waals surface area (Å²) < 4.78 is 44.9. The molecule has 0 aliphatic carbocycles. The molecule has 2 aromatic rings. The third kappa shape index (κ3) is 4.39. The van der Waals surface area contributed by atoms with Crippen molar-refractivity contribution in [2.24, 2.45) is 0 Å². The van der Waals surface area contributed by atoms with Crippen LogP contribution in [0.3, 0.4) is 0 Å². The fourth-order valence-electron chi connectivity index (χ4n) is 2.86. The quantitative estimate of drug-likeness (QED) is 0.610. The van der Waals surface area contributed by atoms with Gasteiger partial charge in [-0.15, -0.1) is 0 Å². The fourth-order valence-corrected chi connectivity index (χ4v) is 2.86. The molecule has 0 aromatic heterocycles.